The summed E-state index contributed by atoms with van der Waals surface area (Å²) in [5.74, 6) is -1.12. The van der Waals surface area contributed by atoms with Crippen molar-refractivity contribution in [3.05, 3.63) is 53.9 Å². The lowest BCUT2D eigenvalue weighted by Gasteiger charge is -2.41. The topological polar surface area (TPSA) is 127 Å². The second-order valence-corrected chi connectivity index (χ2v) is 11.2. The molecule has 2 heterocycles. The normalized spacial score (nSPS) is 15.2. The summed E-state index contributed by atoms with van der Waals surface area (Å²) >= 11 is 0. The molecule has 0 aliphatic carbocycles. The predicted molar refractivity (Wildman–Crippen MR) is 143 cm³/mol. The van der Waals surface area contributed by atoms with E-state index in [4.69, 9.17) is 9.47 Å². The fourth-order valence-corrected chi connectivity index (χ4v) is 3.76. The van der Waals surface area contributed by atoms with Gasteiger partial charge in [0.2, 0.25) is 5.91 Å². The molecule has 1 saturated heterocycles. The molecule has 0 saturated carbocycles. The minimum atomic E-state index is -0.605. The zero-order valence-corrected chi connectivity index (χ0v) is 22.8. The molecule has 1 atom stereocenters. The summed E-state index contributed by atoms with van der Waals surface area (Å²) in [5, 5.41) is 5.53. The number of rotatable bonds is 7. The van der Waals surface area contributed by atoms with Gasteiger partial charge in [0.05, 0.1) is 18.3 Å². The number of esters is 1. The van der Waals surface area contributed by atoms with Crippen LogP contribution in [-0.2, 0) is 25.5 Å². The summed E-state index contributed by atoms with van der Waals surface area (Å²) < 4.78 is 10.8. The Kier molecular flexibility index (Phi) is 8.75. The Morgan fingerprint density at radius 1 is 0.947 bits per heavy atom. The van der Waals surface area contributed by atoms with Gasteiger partial charge in [-0.2, -0.15) is 0 Å². The highest BCUT2D eigenvalue weighted by molar-refractivity contribution is 6.03. The number of anilines is 2. The predicted octanol–water partition coefficient (Wildman–Crippen LogP) is 4.56. The van der Waals surface area contributed by atoms with E-state index in [0.717, 1.165) is 6.42 Å². The molecule has 3 rings (SSSR count). The van der Waals surface area contributed by atoms with Crippen molar-refractivity contribution >= 4 is 35.3 Å². The van der Waals surface area contributed by atoms with Crippen LogP contribution in [0.4, 0.5) is 16.2 Å². The maximum Gasteiger partial charge on any atom is 0.410 e. The molecule has 0 bridgehead atoms. The van der Waals surface area contributed by atoms with Crippen LogP contribution in [0.25, 0.3) is 0 Å². The number of hydrogen-bond donors (Lipinski definition) is 2. The second kappa shape index (κ2) is 11.6. The van der Waals surface area contributed by atoms with Gasteiger partial charge in [-0.05, 0) is 71.7 Å². The van der Waals surface area contributed by atoms with Crippen LogP contribution in [0.5, 0.6) is 0 Å². The number of nitrogens with one attached hydrogen (secondary N) is 2. The maximum absolute atomic E-state index is 12.8. The number of carbonyl (C=O) groups excluding carboxylic acids is 4. The summed E-state index contributed by atoms with van der Waals surface area (Å²) in [7, 11) is 0. The van der Waals surface area contributed by atoms with Gasteiger partial charge in [0, 0.05) is 24.7 Å². The van der Waals surface area contributed by atoms with Gasteiger partial charge in [-0.15, -0.1) is 0 Å². The summed E-state index contributed by atoms with van der Waals surface area (Å²) in [6, 6.07) is 9.85. The molecule has 204 valence electrons. The standard InChI is InChI=1S/C28H36N4O6/c1-27(2,3)37-24(34)15-18-9-7-8-10-21(18)31-25(35)22-12-11-19(17-29-22)30-23(33)16-20-13-14-32(20)26(36)38-28(4,5)6/h7-12,17,20H,13-16H2,1-6H3,(H,30,33)(H,31,35). The van der Waals surface area contributed by atoms with E-state index < -0.39 is 29.2 Å². The SMILES string of the molecule is CC(C)(C)OC(=O)Cc1ccccc1NC(=O)c1ccc(NC(=O)CC2CCN2C(=O)OC(C)(C)C)cn1. The van der Waals surface area contributed by atoms with Crippen molar-refractivity contribution in [3.63, 3.8) is 0 Å². The molecule has 1 aromatic heterocycles. The van der Waals surface area contributed by atoms with Crippen LogP contribution >= 0.6 is 0 Å². The average molecular weight is 525 g/mol. The third-order valence-corrected chi connectivity index (χ3v) is 5.49. The molecule has 0 radical (unpaired) electrons. The van der Waals surface area contributed by atoms with E-state index in [1.165, 1.54) is 12.3 Å². The summed E-state index contributed by atoms with van der Waals surface area (Å²) in [6.07, 6.45) is 1.84. The third-order valence-electron chi connectivity index (χ3n) is 5.49. The quantitative estimate of drug-likeness (QED) is 0.509. The first-order chi connectivity index (χ1) is 17.7. The molecule has 2 N–H and O–H groups in total. The Bertz CT molecular complexity index is 1180. The highest BCUT2D eigenvalue weighted by Gasteiger charge is 2.36. The van der Waals surface area contributed by atoms with Crippen LogP contribution in [0.3, 0.4) is 0 Å². The van der Waals surface area contributed by atoms with Crippen molar-refractivity contribution in [3.8, 4) is 0 Å². The van der Waals surface area contributed by atoms with Gasteiger partial charge in [-0.25, -0.2) is 9.78 Å². The molecule has 0 spiro atoms. The van der Waals surface area contributed by atoms with Gasteiger partial charge in [0.15, 0.2) is 0 Å². The maximum atomic E-state index is 12.8. The van der Waals surface area contributed by atoms with Crippen LogP contribution in [0.2, 0.25) is 0 Å². The number of pyridine rings is 1. The molecule has 1 aliphatic rings. The minimum Gasteiger partial charge on any atom is -0.460 e. The first kappa shape index (κ1) is 28.6. The van der Waals surface area contributed by atoms with Crippen LogP contribution in [0, 0.1) is 0 Å². The number of aromatic nitrogens is 1. The molecule has 10 nitrogen and oxygen atoms in total. The van der Waals surface area contributed by atoms with Crippen molar-refractivity contribution in [1.82, 2.24) is 9.88 Å². The zero-order valence-electron chi connectivity index (χ0n) is 22.8. The van der Waals surface area contributed by atoms with E-state index in [1.54, 1.807) is 76.8 Å². The Morgan fingerprint density at radius 2 is 1.63 bits per heavy atom. The Balaban J connectivity index is 1.54. The van der Waals surface area contributed by atoms with Crippen molar-refractivity contribution in [2.45, 2.75) is 78.0 Å². The zero-order chi connectivity index (χ0) is 28.1. The van der Waals surface area contributed by atoms with Crippen LogP contribution in [0.15, 0.2) is 42.6 Å². The summed E-state index contributed by atoms with van der Waals surface area (Å²) in [5.41, 5.74) is 0.476. The van der Waals surface area contributed by atoms with Gasteiger partial charge < -0.3 is 25.0 Å². The average Bonchev–Trinajstić information content (AvgIpc) is 2.76. The van der Waals surface area contributed by atoms with E-state index in [0.29, 0.717) is 23.5 Å². The van der Waals surface area contributed by atoms with Crippen molar-refractivity contribution < 1.29 is 28.7 Å². The number of carbonyl (C=O) groups is 4. The molecule has 1 unspecified atom stereocenters. The van der Waals surface area contributed by atoms with E-state index in [1.807, 2.05) is 0 Å². The number of hydrogen-bond acceptors (Lipinski definition) is 7. The van der Waals surface area contributed by atoms with Crippen LogP contribution in [0.1, 0.15) is 70.4 Å². The lowest BCUT2D eigenvalue weighted by molar-refractivity contribution is -0.153. The fraction of sp³-hybridized carbons (Fsp3) is 0.464. The van der Waals surface area contributed by atoms with Gasteiger partial charge in [-0.1, -0.05) is 18.2 Å². The monoisotopic (exact) mass is 524 g/mol. The van der Waals surface area contributed by atoms with Gasteiger partial charge >= 0.3 is 12.1 Å². The molecule has 1 aromatic carbocycles. The second-order valence-electron chi connectivity index (χ2n) is 11.2. The lowest BCUT2D eigenvalue weighted by atomic mass is 10.00. The van der Waals surface area contributed by atoms with E-state index >= 15 is 0 Å². The van der Waals surface area contributed by atoms with E-state index in [-0.39, 0.29) is 30.5 Å². The Labute approximate surface area is 223 Å². The molecule has 1 aliphatic heterocycles. The van der Waals surface area contributed by atoms with Crippen LogP contribution < -0.4 is 10.6 Å². The number of ether oxygens (including phenoxy) is 2. The van der Waals surface area contributed by atoms with Gasteiger partial charge in [0.1, 0.15) is 16.9 Å². The molecular formula is C28H36N4O6. The highest BCUT2D eigenvalue weighted by Crippen LogP contribution is 2.24. The first-order valence-electron chi connectivity index (χ1n) is 12.6. The minimum absolute atomic E-state index is 0.0124. The fourth-order valence-electron chi connectivity index (χ4n) is 3.76. The van der Waals surface area contributed by atoms with Crippen molar-refractivity contribution in [2.24, 2.45) is 0 Å². The molecular weight excluding hydrogens is 488 g/mol. The number of benzene rings is 1. The van der Waals surface area contributed by atoms with E-state index in [2.05, 4.69) is 15.6 Å². The van der Waals surface area contributed by atoms with Crippen molar-refractivity contribution in [2.75, 3.05) is 17.2 Å². The Morgan fingerprint density at radius 3 is 2.21 bits per heavy atom. The highest BCUT2D eigenvalue weighted by atomic mass is 16.6. The van der Waals surface area contributed by atoms with Gasteiger partial charge in [-0.3, -0.25) is 14.4 Å². The molecule has 10 heteroatoms. The largest absolute Gasteiger partial charge is 0.460 e. The molecule has 3 amide bonds. The lowest BCUT2D eigenvalue weighted by Crippen LogP contribution is -2.53. The number of para-hydroxylation sites is 1. The Hall–Kier alpha value is -3.95. The molecule has 2 aromatic rings. The first-order valence-corrected chi connectivity index (χ1v) is 12.6. The smallest absolute Gasteiger partial charge is 0.410 e. The molecule has 38 heavy (non-hydrogen) atoms. The van der Waals surface area contributed by atoms with Crippen LogP contribution in [-0.4, -0.2) is 57.5 Å². The third kappa shape index (κ3) is 8.57. The summed E-state index contributed by atoms with van der Waals surface area (Å²) in [4.78, 5) is 55.5. The molecule has 1 fully saturated rings. The van der Waals surface area contributed by atoms with Gasteiger partial charge in [0.25, 0.3) is 5.91 Å². The summed E-state index contributed by atoms with van der Waals surface area (Å²) in [6.45, 7) is 11.3. The van der Waals surface area contributed by atoms with E-state index in [9.17, 15) is 19.2 Å². The van der Waals surface area contributed by atoms with Crippen molar-refractivity contribution in [1.29, 1.82) is 0 Å². The number of amides is 3. The number of likely N-dealkylation sites (tertiary alicyclic amines) is 1. The number of nitrogens with zero attached hydrogens (tertiary/aromatic N) is 2.